The van der Waals surface area contributed by atoms with Crippen LogP contribution in [0.5, 0.6) is 0 Å². The summed E-state index contributed by atoms with van der Waals surface area (Å²) >= 11 is 0. The molecule has 54 valence electrons. The van der Waals surface area contributed by atoms with Crippen molar-refractivity contribution in [3.8, 4) is 0 Å². The first kappa shape index (κ1) is 10.8. The number of hydrogen-bond acceptors (Lipinski definition) is 4. The number of nitrogens with two attached hydrogens (primary N) is 1. The lowest BCUT2D eigenvalue weighted by atomic mass is 11.0. The standard InChI is InChI=1S/C3H5NO3.CH5N/c1-7-3-2-4(5)6;1-2/h2-3H,1H3;2H2,1H3/b3-2+;. The second kappa shape index (κ2) is 10.0. The molecule has 0 aliphatic heterocycles. The summed E-state index contributed by atoms with van der Waals surface area (Å²) in [5.74, 6) is 0. The van der Waals surface area contributed by atoms with E-state index in [1.54, 1.807) is 0 Å². The van der Waals surface area contributed by atoms with Crippen molar-refractivity contribution in [3.63, 3.8) is 0 Å². The van der Waals surface area contributed by atoms with E-state index in [0.29, 0.717) is 0 Å². The summed E-state index contributed by atoms with van der Waals surface area (Å²) in [5, 5.41) is 9.40. The Labute approximate surface area is 53.3 Å². The number of methoxy groups -OCH3 is 1. The minimum absolute atomic E-state index is 0.594. The summed E-state index contributed by atoms with van der Waals surface area (Å²) in [6.45, 7) is 0. The van der Waals surface area contributed by atoms with Crippen molar-refractivity contribution < 1.29 is 9.66 Å². The van der Waals surface area contributed by atoms with Gasteiger partial charge in [0.1, 0.15) is 0 Å². The molecule has 0 unspecified atom stereocenters. The van der Waals surface area contributed by atoms with Crippen LogP contribution in [0.3, 0.4) is 0 Å². The third-order valence-corrected chi connectivity index (χ3v) is 0.319. The normalized spacial score (nSPS) is 7.89. The van der Waals surface area contributed by atoms with Crippen molar-refractivity contribution in [1.82, 2.24) is 0 Å². The minimum Gasteiger partial charge on any atom is -0.498 e. The average Bonchev–Trinajstić information content (AvgIpc) is 1.88. The van der Waals surface area contributed by atoms with E-state index in [1.807, 2.05) is 0 Å². The van der Waals surface area contributed by atoms with Crippen molar-refractivity contribution >= 4 is 0 Å². The SMILES string of the molecule is CN.CO/C=C/[N+](=O)[O-]. The molecule has 0 aromatic carbocycles. The van der Waals surface area contributed by atoms with Crippen molar-refractivity contribution in [3.05, 3.63) is 22.6 Å². The van der Waals surface area contributed by atoms with Crippen LogP contribution in [0.25, 0.3) is 0 Å². The molecule has 0 bridgehead atoms. The Hall–Kier alpha value is -1.10. The van der Waals surface area contributed by atoms with E-state index >= 15 is 0 Å². The molecule has 0 spiro atoms. The molecule has 0 atom stereocenters. The van der Waals surface area contributed by atoms with E-state index in [-0.39, 0.29) is 0 Å². The van der Waals surface area contributed by atoms with Crippen LogP contribution in [-0.2, 0) is 4.74 Å². The van der Waals surface area contributed by atoms with Gasteiger partial charge in [-0.3, -0.25) is 10.1 Å². The summed E-state index contributed by atoms with van der Waals surface area (Å²) < 4.78 is 4.23. The molecule has 5 heteroatoms. The fourth-order valence-corrected chi connectivity index (χ4v) is 0.111. The monoisotopic (exact) mass is 134 g/mol. The largest absolute Gasteiger partial charge is 0.498 e. The molecule has 0 aromatic rings. The fourth-order valence-electron chi connectivity index (χ4n) is 0.111. The quantitative estimate of drug-likeness (QED) is 0.326. The second-order valence-electron chi connectivity index (χ2n) is 0.806. The maximum atomic E-state index is 9.40. The fraction of sp³-hybridized carbons (Fsp3) is 0.500. The lowest BCUT2D eigenvalue weighted by Crippen LogP contribution is -1.81. The highest BCUT2D eigenvalue weighted by molar-refractivity contribution is 4.56. The zero-order valence-corrected chi connectivity index (χ0v) is 5.40. The number of nitrogens with zero attached hydrogens (tertiary/aromatic N) is 1. The Morgan fingerprint density at radius 2 is 2.11 bits per heavy atom. The first-order chi connectivity index (χ1) is 4.27. The van der Waals surface area contributed by atoms with E-state index in [2.05, 4.69) is 10.5 Å². The van der Waals surface area contributed by atoms with Crippen LogP contribution in [-0.4, -0.2) is 19.1 Å². The van der Waals surface area contributed by atoms with Crippen molar-refractivity contribution in [2.45, 2.75) is 0 Å². The minimum atomic E-state index is -0.594. The van der Waals surface area contributed by atoms with Gasteiger partial charge in [-0.25, -0.2) is 0 Å². The topological polar surface area (TPSA) is 78.4 Å². The van der Waals surface area contributed by atoms with Crippen molar-refractivity contribution in [1.29, 1.82) is 0 Å². The van der Waals surface area contributed by atoms with Crippen LogP contribution >= 0.6 is 0 Å². The van der Waals surface area contributed by atoms with Crippen LogP contribution in [0, 0.1) is 10.1 Å². The summed E-state index contributed by atoms with van der Waals surface area (Å²) in [7, 11) is 2.85. The molecule has 0 saturated carbocycles. The maximum Gasteiger partial charge on any atom is 0.268 e. The van der Waals surface area contributed by atoms with Crippen LogP contribution in [0.2, 0.25) is 0 Å². The number of nitro groups is 1. The second-order valence-corrected chi connectivity index (χ2v) is 0.806. The third-order valence-electron chi connectivity index (χ3n) is 0.319. The van der Waals surface area contributed by atoms with E-state index in [0.717, 1.165) is 12.5 Å². The lowest BCUT2D eigenvalue weighted by Gasteiger charge is -1.78. The van der Waals surface area contributed by atoms with Crippen molar-refractivity contribution in [2.75, 3.05) is 14.2 Å². The summed E-state index contributed by atoms with van der Waals surface area (Å²) in [5.41, 5.74) is 4.50. The highest BCUT2D eigenvalue weighted by Gasteiger charge is 1.78. The first-order valence-electron chi connectivity index (χ1n) is 2.18. The lowest BCUT2D eigenvalue weighted by molar-refractivity contribution is -0.403. The summed E-state index contributed by atoms with van der Waals surface area (Å²) in [6, 6.07) is 0. The molecule has 0 heterocycles. The summed E-state index contributed by atoms with van der Waals surface area (Å²) in [4.78, 5) is 8.80. The molecule has 0 aliphatic carbocycles. The first-order valence-corrected chi connectivity index (χ1v) is 2.18. The Morgan fingerprint density at radius 1 is 1.67 bits per heavy atom. The van der Waals surface area contributed by atoms with Gasteiger partial charge in [-0.05, 0) is 7.05 Å². The Morgan fingerprint density at radius 3 is 2.22 bits per heavy atom. The van der Waals surface area contributed by atoms with Crippen LogP contribution < -0.4 is 5.73 Å². The zero-order chi connectivity index (χ0) is 7.70. The molecule has 0 aliphatic rings. The maximum absolute atomic E-state index is 9.40. The highest BCUT2D eigenvalue weighted by atomic mass is 16.6. The van der Waals surface area contributed by atoms with E-state index in [4.69, 9.17) is 0 Å². The van der Waals surface area contributed by atoms with E-state index in [9.17, 15) is 10.1 Å². The molecule has 9 heavy (non-hydrogen) atoms. The van der Waals surface area contributed by atoms with E-state index in [1.165, 1.54) is 14.2 Å². The van der Waals surface area contributed by atoms with Gasteiger partial charge in [-0.2, -0.15) is 0 Å². The molecular weight excluding hydrogens is 124 g/mol. The van der Waals surface area contributed by atoms with Crippen LogP contribution in [0.4, 0.5) is 0 Å². The Balaban J connectivity index is 0. The molecular formula is C4H10N2O3. The average molecular weight is 134 g/mol. The van der Waals surface area contributed by atoms with Gasteiger partial charge in [0.25, 0.3) is 6.20 Å². The molecule has 0 amide bonds. The van der Waals surface area contributed by atoms with Gasteiger partial charge in [-0.15, -0.1) is 0 Å². The van der Waals surface area contributed by atoms with Gasteiger partial charge in [0.15, 0.2) is 6.26 Å². The predicted octanol–water partition coefficient (Wildman–Crippen LogP) is -0.0444. The number of rotatable bonds is 2. The smallest absolute Gasteiger partial charge is 0.268 e. The zero-order valence-electron chi connectivity index (χ0n) is 5.40. The molecule has 2 N–H and O–H groups in total. The molecule has 0 fully saturated rings. The Kier molecular flexibility index (Phi) is 12.0. The van der Waals surface area contributed by atoms with Crippen molar-refractivity contribution in [2.24, 2.45) is 5.73 Å². The van der Waals surface area contributed by atoms with Gasteiger partial charge in [0.05, 0.1) is 12.0 Å². The molecule has 0 rings (SSSR count). The van der Waals surface area contributed by atoms with Gasteiger partial charge in [-0.1, -0.05) is 0 Å². The van der Waals surface area contributed by atoms with Gasteiger partial charge < -0.3 is 10.5 Å². The molecule has 0 saturated heterocycles. The van der Waals surface area contributed by atoms with Gasteiger partial charge >= 0.3 is 0 Å². The van der Waals surface area contributed by atoms with Gasteiger partial charge in [0.2, 0.25) is 0 Å². The molecule has 5 nitrogen and oxygen atoms in total. The highest BCUT2D eigenvalue weighted by Crippen LogP contribution is 1.71. The summed E-state index contributed by atoms with van der Waals surface area (Å²) in [6.07, 6.45) is 1.72. The van der Waals surface area contributed by atoms with Crippen LogP contribution in [0.15, 0.2) is 12.5 Å². The number of ether oxygens (including phenoxy) is 1. The van der Waals surface area contributed by atoms with E-state index < -0.39 is 4.92 Å². The predicted molar refractivity (Wildman–Crippen MR) is 33.3 cm³/mol. The van der Waals surface area contributed by atoms with Crippen LogP contribution in [0.1, 0.15) is 0 Å². The molecule has 0 radical (unpaired) electrons. The number of hydrogen-bond donors (Lipinski definition) is 1. The van der Waals surface area contributed by atoms with Gasteiger partial charge in [0, 0.05) is 0 Å². The molecule has 0 aromatic heterocycles. The third kappa shape index (κ3) is 19.7. The Bertz CT molecular complexity index is 91.8.